The van der Waals surface area contributed by atoms with Gasteiger partial charge in [-0.2, -0.15) is 0 Å². The molecule has 0 saturated heterocycles. The highest BCUT2D eigenvalue weighted by molar-refractivity contribution is 5.81. The summed E-state index contributed by atoms with van der Waals surface area (Å²) < 4.78 is 0. The molecule has 1 atom stereocenters. The van der Waals surface area contributed by atoms with E-state index in [2.05, 4.69) is 41.2 Å². The first kappa shape index (κ1) is 14.9. The maximum absolute atomic E-state index is 8.75. The highest BCUT2D eigenvalue weighted by Crippen LogP contribution is 2.32. The van der Waals surface area contributed by atoms with Gasteiger partial charge in [-0.05, 0) is 49.3 Å². The Morgan fingerprint density at radius 2 is 2.25 bits per heavy atom. The molecule has 110 valence electrons. The maximum atomic E-state index is 8.75. The number of hydrogen-bond acceptors (Lipinski definition) is 3. The number of oxime groups is 1. The lowest BCUT2D eigenvalue weighted by molar-refractivity contribution is 0.269. The Morgan fingerprint density at radius 3 is 3.00 bits per heavy atom. The van der Waals surface area contributed by atoms with E-state index in [1.165, 1.54) is 30.4 Å². The van der Waals surface area contributed by atoms with Gasteiger partial charge >= 0.3 is 0 Å². The third-order valence-corrected chi connectivity index (χ3v) is 4.03. The van der Waals surface area contributed by atoms with Crippen LogP contribution < -0.4 is 5.73 Å². The molecule has 1 unspecified atom stereocenters. The van der Waals surface area contributed by atoms with Crippen molar-refractivity contribution in [2.45, 2.75) is 38.5 Å². The number of hydrogen-bond donors (Lipinski definition) is 2. The van der Waals surface area contributed by atoms with Gasteiger partial charge in [-0.3, -0.25) is 4.90 Å². The number of fused-ring (bicyclic) bond motifs is 1. The Bertz CT molecular complexity index is 459. The zero-order valence-electron chi connectivity index (χ0n) is 12.3. The van der Waals surface area contributed by atoms with Crippen molar-refractivity contribution in [1.82, 2.24) is 4.90 Å². The summed E-state index contributed by atoms with van der Waals surface area (Å²) in [5.74, 6) is 0.862. The number of benzene rings is 1. The molecule has 0 bridgehead atoms. The summed E-state index contributed by atoms with van der Waals surface area (Å²) in [5, 5.41) is 11.9. The smallest absolute Gasteiger partial charge is 0.153 e. The number of rotatable bonds is 6. The molecule has 4 heteroatoms. The highest BCUT2D eigenvalue weighted by Gasteiger charge is 2.22. The van der Waals surface area contributed by atoms with Gasteiger partial charge in [0.15, 0.2) is 5.84 Å². The van der Waals surface area contributed by atoms with Crippen molar-refractivity contribution >= 4 is 5.84 Å². The molecule has 4 nitrogen and oxygen atoms in total. The zero-order valence-corrected chi connectivity index (χ0v) is 12.3. The molecule has 0 fully saturated rings. The first-order chi connectivity index (χ1) is 9.74. The van der Waals surface area contributed by atoms with Gasteiger partial charge in [-0.1, -0.05) is 36.3 Å². The number of nitrogens with zero attached hydrogens (tertiary/aromatic N) is 2. The van der Waals surface area contributed by atoms with Crippen LogP contribution in [-0.4, -0.2) is 35.6 Å². The average Bonchev–Trinajstić information content (AvgIpc) is 2.47. The van der Waals surface area contributed by atoms with Gasteiger partial charge in [0.05, 0.1) is 6.54 Å². The van der Waals surface area contributed by atoms with Crippen LogP contribution in [-0.2, 0) is 6.42 Å². The summed E-state index contributed by atoms with van der Waals surface area (Å²) in [4.78, 5) is 2.29. The van der Waals surface area contributed by atoms with Crippen LogP contribution in [0.25, 0.3) is 0 Å². The van der Waals surface area contributed by atoms with Gasteiger partial charge in [0.25, 0.3) is 0 Å². The largest absolute Gasteiger partial charge is 0.409 e. The van der Waals surface area contributed by atoms with Crippen LogP contribution in [0.15, 0.2) is 29.4 Å². The summed E-state index contributed by atoms with van der Waals surface area (Å²) in [6, 6.07) is 8.76. The van der Waals surface area contributed by atoms with Crippen LogP contribution in [0.3, 0.4) is 0 Å². The molecule has 1 aliphatic rings. The molecule has 1 aromatic carbocycles. The summed E-state index contributed by atoms with van der Waals surface area (Å²) in [6.45, 7) is 4.67. The van der Waals surface area contributed by atoms with Crippen molar-refractivity contribution in [3.05, 3.63) is 35.4 Å². The Balaban J connectivity index is 2.07. The number of amidine groups is 1. The van der Waals surface area contributed by atoms with E-state index in [4.69, 9.17) is 10.9 Å². The summed E-state index contributed by atoms with van der Waals surface area (Å²) in [6.07, 6.45) is 4.76. The molecule has 0 spiro atoms. The molecular formula is C16H25N3O. The third-order valence-electron chi connectivity index (χ3n) is 4.03. The van der Waals surface area contributed by atoms with E-state index in [1.54, 1.807) is 0 Å². The maximum Gasteiger partial charge on any atom is 0.153 e. The summed E-state index contributed by atoms with van der Waals surface area (Å²) in [5.41, 5.74) is 8.64. The standard InChI is InChI=1S/C16H25N3O/c1-2-10-19(12-16(17)18-20)11-14-8-5-7-13-6-3-4-9-15(13)14/h3-4,6,9,14,20H,2,5,7-8,10-12H2,1H3,(H2,17,18). The predicted molar refractivity (Wildman–Crippen MR) is 82.3 cm³/mol. The van der Waals surface area contributed by atoms with Crippen LogP contribution in [0.4, 0.5) is 0 Å². The fourth-order valence-electron chi connectivity index (χ4n) is 3.17. The first-order valence-corrected chi connectivity index (χ1v) is 7.51. The van der Waals surface area contributed by atoms with E-state index >= 15 is 0 Å². The minimum absolute atomic E-state index is 0.294. The molecule has 3 N–H and O–H groups in total. The molecule has 0 aliphatic heterocycles. The lowest BCUT2D eigenvalue weighted by Gasteiger charge is -2.31. The van der Waals surface area contributed by atoms with Crippen LogP contribution in [0.1, 0.15) is 43.2 Å². The van der Waals surface area contributed by atoms with Crippen LogP contribution in [0.5, 0.6) is 0 Å². The molecule has 1 aromatic rings. The topological polar surface area (TPSA) is 61.8 Å². The van der Waals surface area contributed by atoms with Crippen LogP contribution in [0.2, 0.25) is 0 Å². The van der Waals surface area contributed by atoms with Crippen LogP contribution >= 0.6 is 0 Å². The van der Waals surface area contributed by atoms with Gasteiger partial charge in [0, 0.05) is 6.54 Å². The predicted octanol–water partition coefficient (Wildman–Crippen LogP) is 2.56. The van der Waals surface area contributed by atoms with Gasteiger partial charge in [0.2, 0.25) is 0 Å². The fraction of sp³-hybridized carbons (Fsp3) is 0.562. The minimum atomic E-state index is 0.294. The second kappa shape index (κ2) is 7.29. The SMILES string of the molecule is CCCN(CC(N)=NO)CC1CCCc2ccccc21. The van der Waals surface area contributed by atoms with E-state index in [0.29, 0.717) is 18.3 Å². The van der Waals surface area contributed by atoms with E-state index < -0.39 is 0 Å². The van der Waals surface area contributed by atoms with Crippen molar-refractivity contribution in [2.75, 3.05) is 19.6 Å². The Hall–Kier alpha value is -1.55. The Morgan fingerprint density at radius 1 is 1.45 bits per heavy atom. The quantitative estimate of drug-likeness (QED) is 0.363. The molecule has 2 rings (SSSR count). The van der Waals surface area contributed by atoms with E-state index in [-0.39, 0.29) is 0 Å². The molecule has 20 heavy (non-hydrogen) atoms. The zero-order chi connectivity index (χ0) is 14.4. The second-order valence-corrected chi connectivity index (χ2v) is 5.61. The van der Waals surface area contributed by atoms with Gasteiger partial charge < -0.3 is 10.9 Å². The fourth-order valence-corrected chi connectivity index (χ4v) is 3.17. The second-order valence-electron chi connectivity index (χ2n) is 5.61. The van der Waals surface area contributed by atoms with E-state index in [1.807, 2.05) is 0 Å². The lowest BCUT2D eigenvalue weighted by atomic mass is 9.82. The van der Waals surface area contributed by atoms with E-state index in [9.17, 15) is 0 Å². The van der Waals surface area contributed by atoms with Crippen molar-refractivity contribution in [3.8, 4) is 0 Å². The Kier molecular flexibility index (Phi) is 5.41. The third kappa shape index (κ3) is 3.73. The van der Waals surface area contributed by atoms with E-state index in [0.717, 1.165) is 19.5 Å². The molecule has 0 heterocycles. The molecule has 0 aromatic heterocycles. The van der Waals surface area contributed by atoms with Gasteiger partial charge in [-0.15, -0.1) is 0 Å². The normalized spacial score (nSPS) is 19.1. The monoisotopic (exact) mass is 275 g/mol. The van der Waals surface area contributed by atoms with Crippen molar-refractivity contribution in [3.63, 3.8) is 0 Å². The molecule has 0 saturated carbocycles. The minimum Gasteiger partial charge on any atom is -0.409 e. The summed E-state index contributed by atoms with van der Waals surface area (Å²) >= 11 is 0. The summed E-state index contributed by atoms with van der Waals surface area (Å²) in [7, 11) is 0. The number of aryl methyl sites for hydroxylation is 1. The first-order valence-electron chi connectivity index (χ1n) is 7.51. The number of nitrogens with two attached hydrogens (primary N) is 1. The van der Waals surface area contributed by atoms with Crippen molar-refractivity contribution < 1.29 is 5.21 Å². The molecular weight excluding hydrogens is 250 g/mol. The average molecular weight is 275 g/mol. The van der Waals surface area contributed by atoms with Crippen molar-refractivity contribution in [1.29, 1.82) is 0 Å². The molecule has 0 amide bonds. The van der Waals surface area contributed by atoms with Crippen molar-refractivity contribution in [2.24, 2.45) is 10.9 Å². The van der Waals surface area contributed by atoms with Crippen LogP contribution in [0, 0.1) is 0 Å². The Labute approximate surface area is 121 Å². The molecule has 1 aliphatic carbocycles. The van der Waals surface area contributed by atoms with Gasteiger partial charge in [-0.25, -0.2) is 0 Å². The lowest BCUT2D eigenvalue weighted by Crippen LogP contribution is -2.37. The molecule has 0 radical (unpaired) electrons. The van der Waals surface area contributed by atoms with Gasteiger partial charge in [0.1, 0.15) is 0 Å². The highest BCUT2D eigenvalue weighted by atomic mass is 16.4.